The predicted octanol–water partition coefficient (Wildman–Crippen LogP) is 3.93. The molecule has 0 saturated carbocycles. The van der Waals surface area contributed by atoms with E-state index in [1.54, 1.807) is 31.2 Å². The van der Waals surface area contributed by atoms with Crippen molar-refractivity contribution in [2.24, 2.45) is 0 Å². The molecule has 0 fully saturated rings. The van der Waals surface area contributed by atoms with E-state index in [-0.39, 0.29) is 11.4 Å². The molecule has 0 unspecified atom stereocenters. The first-order chi connectivity index (χ1) is 14.3. The molecule has 0 aliphatic heterocycles. The Morgan fingerprint density at radius 3 is 2.20 bits per heavy atom. The monoisotopic (exact) mass is 448 g/mol. The number of hydrogen-bond donors (Lipinski definition) is 1. The largest absolute Gasteiger partial charge is 0.493 e. The summed E-state index contributed by atoms with van der Waals surface area (Å²) >= 11 is 1.52. The van der Waals surface area contributed by atoms with Crippen LogP contribution in [-0.4, -0.2) is 34.7 Å². The summed E-state index contributed by atoms with van der Waals surface area (Å²) in [5.74, 6) is 1.37. The standard InChI is InChI=1S/C21H24N2O5S2/c1-13-6-7-16(17-12-29-14(2)23-17)10-20(13)30(24,25)22-11-15-8-18(26-3)21(28-5)19(9-15)27-4/h6-10,12,22H,11H2,1-5H3. The number of nitrogens with zero attached hydrogens (tertiary/aromatic N) is 1. The second-order valence-corrected chi connectivity index (χ2v) is 9.39. The van der Waals surface area contributed by atoms with Crippen molar-refractivity contribution in [3.63, 3.8) is 0 Å². The predicted molar refractivity (Wildman–Crippen MR) is 117 cm³/mol. The highest BCUT2D eigenvalue weighted by molar-refractivity contribution is 7.89. The molecule has 9 heteroatoms. The van der Waals surface area contributed by atoms with Gasteiger partial charge in [0.1, 0.15) is 0 Å². The van der Waals surface area contributed by atoms with E-state index in [1.165, 1.54) is 32.7 Å². The van der Waals surface area contributed by atoms with E-state index < -0.39 is 10.0 Å². The van der Waals surface area contributed by atoms with Crippen LogP contribution in [0.2, 0.25) is 0 Å². The first kappa shape index (κ1) is 22.1. The SMILES string of the molecule is COc1cc(CNS(=O)(=O)c2cc(-c3csc(C)n3)ccc2C)cc(OC)c1OC. The third-order valence-electron chi connectivity index (χ3n) is 4.58. The summed E-state index contributed by atoms with van der Waals surface area (Å²) in [5, 5.41) is 2.84. The van der Waals surface area contributed by atoms with Crippen LogP contribution in [0.4, 0.5) is 0 Å². The molecule has 1 N–H and O–H groups in total. The molecule has 0 atom stereocenters. The Labute approximate surface area is 180 Å². The second kappa shape index (κ2) is 9.03. The minimum Gasteiger partial charge on any atom is -0.493 e. The van der Waals surface area contributed by atoms with Gasteiger partial charge in [-0.05, 0) is 43.2 Å². The Balaban J connectivity index is 1.89. The summed E-state index contributed by atoms with van der Waals surface area (Å²) in [5.41, 5.74) is 2.86. The number of hydrogen-bond acceptors (Lipinski definition) is 7. The van der Waals surface area contributed by atoms with Gasteiger partial charge in [-0.15, -0.1) is 11.3 Å². The van der Waals surface area contributed by atoms with Crippen molar-refractivity contribution in [3.8, 4) is 28.5 Å². The molecular weight excluding hydrogens is 424 g/mol. The fourth-order valence-electron chi connectivity index (χ4n) is 3.04. The second-order valence-electron chi connectivity index (χ2n) is 6.59. The Morgan fingerprint density at radius 2 is 1.67 bits per heavy atom. The van der Waals surface area contributed by atoms with Crippen LogP contribution in [0.3, 0.4) is 0 Å². The van der Waals surface area contributed by atoms with Crippen molar-refractivity contribution in [2.75, 3.05) is 21.3 Å². The zero-order valence-electron chi connectivity index (χ0n) is 17.5. The van der Waals surface area contributed by atoms with E-state index in [2.05, 4.69) is 9.71 Å². The molecule has 2 aromatic carbocycles. The normalized spacial score (nSPS) is 11.4. The van der Waals surface area contributed by atoms with Crippen LogP contribution in [-0.2, 0) is 16.6 Å². The van der Waals surface area contributed by atoms with Crippen LogP contribution in [0, 0.1) is 13.8 Å². The van der Waals surface area contributed by atoms with Gasteiger partial charge in [0, 0.05) is 17.5 Å². The Hall–Kier alpha value is -2.62. The van der Waals surface area contributed by atoms with Gasteiger partial charge in [-0.25, -0.2) is 18.1 Å². The molecule has 7 nitrogen and oxygen atoms in total. The van der Waals surface area contributed by atoms with E-state index in [9.17, 15) is 8.42 Å². The highest BCUT2D eigenvalue weighted by atomic mass is 32.2. The minimum atomic E-state index is -3.75. The Bertz CT molecular complexity index is 1130. The minimum absolute atomic E-state index is 0.0680. The van der Waals surface area contributed by atoms with Crippen molar-refractivity contribution in [3.05, 3.63) is 51.8 Å². The number of rotatable bonds is 8. The van der Waals surface area contributed by atoms with Crippen LogP contribution in [0.15, 0.2) is 40.6 Å². The van der Waals surface area contributed by atoms with Crippen LogP contribution < -0.4 is 18.9 Å². The van der Waals surface area contributed by atoms with Gasteiger partial charge in [-0.1, -0.05) is 12.1 Å². The van der Waals surface area contributed by atoms with Crippen LogP contribution >= 0.6 is 11.3 Å². The van der Waals surface area contributed by atoms with Gasteiger partial charge >= 0.3 is 0 Å². The molecule has 0 aliphatic carbocycles. The number of benzene rings is 2. The lowest BCUT2D eigenvalue weighted by molar-refractivity contribution is 0.323. The van der Waals surface area contributed by atoms with Gasteiger partial charge in [-0.3, -0.25) is 0 Å². The van der Waals surface area contributed by atoms with E-state index in [0.717, 1.165) is 16.3 Å². The quantitative estimate of drug-likeness (QED) is 0.562. The van der Waals surface area contributed by atoms with Gasteiger partial charge in [0.15, 0.2) is 11.5 Å². The Kier molecular flexibility index (Phi) is 6.64. The molecule has 0 radical (unpaired) electrons. The lowest BCUT2D eigenvalue weighted by atomic mass is 10.1. The molecular formula is C21H24N2O5S2. The van der Waals surface area contributed by atoms with Gasteiger partial charge in [-0.2, -0.15) is 0 Å². The molecule has 0 amide bonds. The van der Waals surface area contributed by atoms with Crippen molar-refractivity contribution in [1.82, 2.24) is 9.71 Å². The van der Waals surface area contributed by atoms with Crippen LogP contribution in [0.5, 0.6) is 17.2 Å². The molecule has 0 saturated heterocycles. The van der Waals surface area contributed by atoms with Gasteiger partial charge in [0.05, 0.1) is 36.9 Å². The van der Waals surface area contributed by atoms with E-state index >= 15 is 0 Å². The number of methoxy groups -OCH3 is 3. The fourth-order valence-corrected chi connectivity index (χ4v) is 4.95. The van der Waals surface area contributed by atoms with Crippen LogP contribution in [0.1, 0.15) is 16.1 Å². The fraction of sp³-hybridized carbons (Fsp3) is 0.286. The molecule has 1 aromatic heterocycles. The van der Waals surface area contributed by atoms with E-state index in [0.29, 0.717) is 28.4 Å². The Morgan fingerprint density at radius 1 is 1.00 bits per heavy atom. The number of nitrogens with one attached hydrogen (secondary N) is 1. The molecule has 3 aromatic rings. The van der Waals surface area contributed by atoms with Crippen molar-refractivity contribution >= 4 is 21.4 Å². The average molecular weight is 449 g/mol. The topological polar surface area (TPSA) is 86.8 Å². The highest BCUT2D eigenvalue weighted by Gasteiger charge is 2.20. The van der Waals surface area contributed by atoms with Crippen LogP contribution in [0.25, 0.3) is 11.3 Å². The molecule has 3 rings (SSSR count). The summed E-state index contributed by atoms with van der Waals surface area (Å²) in [6.07, 6.45) is 0. The van der Waals surface area contributed by atoms with E-state index in [1.807, 2.05) is 18.4 Å². The van der Waals surface area contributed by atoms with Crippen molar-refractivity contribution < 1.29 is 22.6 Å². The first-order valence-electron chi connectivity index (χ1n) is 9.10. The first-order valence-corrected chi connectivity index (χ1v) is 11.5. The number of sulfonamides is 1. The maximum atomic E-state index is 13.0. The van der Waals surface area contributed by atoms with Gasteiger partial charge < -0.3 is 14.2 Å². The zero-order valence-corrected chi connectivity index (χ0v) is 19.1. The van der Waals surface area contributed by atoms with Crippen molar-refractivity contribution in [1.29, 1.82) is 0 Å². The number of thiazole rings is 1. The summed E-state index contributed by atoms with van der Waals surface area (Å²) < 4.78 is 44.7. The number of ether oxygens (including phenoxy) is 3. The zero-order chi connectivity index (χ0) is 21.9. The van der Waals surface area contributed by atoms with Gasteiger partial charge in [0.25, 0.3) is 0 Å². The lowest BCUT2D eigenvalue weighted by Crippen LogP contribution is -2.24. The van der Waals surface area contributed by atoms with E-state index in [4.69, 9.17) is 14.2 Å². The van der Waals surface area contributed by atoms with Gasteiger partial charge in [0.2, 0.25) is 15.8 Å². The summed E-state index contributed by atoms with van der Waals surface area (Å²) in [6.45, 7) is 3.75. The summed E-state index contributed by atoms with van der Waals surface area (Å²) in [7, 11) is 0.790. The third kappa shape index (κ3) is 4.58. The average Bonchev–Trinajstić information content (AvgIpc) is 3.17. The molecule has 160 valence electrons. The highest BCUT2D eigenvalue weighted by Crippen LogP contribution is 2.38. The molecule has 30 heavy (non-hydrogen) atoms. The number of aryl methyl sites for hydroxylation is 2. The summed E-state index contributed by atoms with van der Waals surface area (Å²) in [6, 6.07) is 8.75. The third-order valence-corrected chi connectivity index (χ3v) is 6.90. The molecule has 0 spiro atoms. The molecule has 1 heterocycles. The maximum Gasteiger partial charge on any atom is 0.241 e. The lowest BCUT2D eigenvalue weighted by Gasteiger charge is -2.15. The van der Waals surface area contributed by atoms with Crippen molar-refractivity contribution in [2.45, 2.75) is 25.3 Å². The smallest absolute Gasteiger partial charge is 0.241 e. The number of aromatic nitrogens is 1. The summed E-state index contributed by atoms with van der Waals surface area (Å²) in [4.78, 5) is 4.67. The maximum absolute atomic E-state index is 13.0. The molecule has 0 bridgehead atoms. The molecule has 0 aliphatic rings.